The summed E-state index contributed by atoms with van der Waals surface area (Å²) in [6.07, 6.45) is 0.502. The van der Waals surface area contributed by atoms with E-state index >= 15 is 0 Å². The lowest BCUT2D eigenvalue weighted by Gasteiger charge is -2.09. The van der Waals surface area contributed by atoms with Crippen LogP contribution in [0.3, 0.4) is 0 Å². The summed E-state index contributed by atoms with van der Waals surface area (Å²) in [5.74, 6) is 1.23. The van der Waals surface area contributed by atoms with Crippen molar-refractivity contribution in [3.05, 3.63) is 60.4 Å². The fraction of sp³-hybridized carbons (Fsp3) is 0.176. The van der Waals surface area contributed by atoms with E-state index in [0.29, 0.717) is 30.3 Å². The Balaban J connectivity index is 1.58. The topological polar surface area (TPSA) is 87.7 Å². The molecular formula is C17H15F3N4O2S. The van der Waals surface area contributed by atoms with Crippen molar-refractivity contribution < 1.29 is 21.6 Å². The van der Waals surface area contributed by atoms with Gasteiger partial charge in [-0.15, -0.1) is 0 Å². The van der Waals surface area contributed by atoms with Crippen LogP contribution < -0.4 is 5.32 Å². The number of nitrogens with one attached hydrogen (secondary N) is 2. The molecule has 142 valence electrons. The second-order valence-corrected chi connectivity index (χ2v) is 7.56. The molecule has 0 amide bonds. The van der Waals surface area contributed by atoms with Crippen LogP contribution in [0, 0.1) is 0 Å². The molecule has 0 aliphatic carbocycles. The third-order valence-corrected chi connectivity index (χ3v) is 5.23. The molecule has 0 saturated heterocycles. The minimum Gasteiger partial charge on any atom is -0.385 e. The normalized spacial score (nSPS) is 12.1. The molecule has 0 atom stereocenters. The summed E-state index contributed by atoms with van der Waals surface area (Å²) in [5, 5.41) is 9.96. The highest BCUT2D eigenvalue weighted by molar-refractivity contribution is 7.92. The highest BCUT2D eigenvalue weighted by atomic mass is 32.2. The Labute approximate surface area is 153 Å². The van der Waals surface area contributed by atoms with Crippen molar-refractivity contribution in [2.75, 3.05) is 11.9 Å². The summed E-state index contributed by atoms with van der Waals surface area (Å²) in [6, 6.07) is 13.9. The van der Waals surface area contributed by atoms with Crippen LogP contribution in [0.1, 0.15) is 5.82 Å². The quantitative estimate of drug-likeness (QED) is 0.667. The first-order valence-corrected chi connectivity index (χ1v) is 9.38. The maximum atomic E-state index is 12.5. The van der Waals surface area contributed by atoms with E-state index in [2.05, 4.69) is 20.5 Å². The highest BCUT2D eigenvalue weighted by Crippen LogP contribution is 2.30. The van der Waals surface area contributed by atoms with Crippen LogP contribution in [-0.2, 0) is 16.3 Å². The van der Waals surface area contributed by atoms with Crippen LogP contribution in [0.2, 0.25) is 0 Å². The number of hydrogen-bond donors (Lipinski definition) is 2. The fourth-order valence-electron chi connectivity index (χ4n) is 2.33. The summed E-state index contributed by atoms with van der Waals surface area (Å²) < 4.78 is 60.2. The Hall–Kier alpha value is -2.88. The molecule has 2 aromatic carbocycles. The second kappa shape index (κ2) is 7.39. The lowest BCUT2D eigenvalue weighted by Crippen LogP contribution is -2.23. The zero-order valence-corrected chi connectivity index (χ0v) is 14.7. The molecule has 6 nitrogen and oxygen atoms in total. The van der Waals surface area contributed by atoms with Crippen molar-refractivity contribution in [2.24, 2.45) is 0 Å². The third-order valence-electron chi connectivity index (χ3n) is 3.72. The first-order valence-electron chi connectivity index (χ1n) is 7.89. The van der Waals surface area contributed by atoms with Crippen molar-refractivity contribution >= 4 is 15.5 Å². The largest absolute Gasteiger partial charge is 0.501 e. The molecule has 3 aromatic rings. The molecular weight excluding hydrogens is 381 g/mol. The number of aromatic amines is 1. The predicted octanol–water partition coefficient (Wildman–Crippen LogP) is 3.42. The average Bonchev–Trinajstić information content (AvgIpc) is 3.11. The number of sulfone groups is 1. The monoisotopic (exact) mass is 396 g/mol. The smallest absolute Gasteiger partial charge is 0.385 e. The number of nitrogens with zero attached hydrogens (tertiary/aromatic N) is 2. The Bertz CT molecular complexity index is 1000. The number of anilines is 1. The molecule has 0 aliphatic heterocycles. The number of halogens is 3. The van der Waals surface area contributed by atoms with E-state index in [-0.39, 0.29) is 0 Å². The molecule has 10 heteroatoms. The Kier molecular flexibility index (Phi) is 5.17. The van der Waals surface area contributed by atoms with E-state index in [1.165, 1.54) is 12.1 Å². The molecule has 0 radical (unpaired) electrons. The van der Waals surface area contributed by atoms with Gasteiger partial charge in [-0.1, -0.05) is 30.3 Å². The average molecular weight is 396 g/mol. The SMILES string of the molecule is O=S(=O)(c1ccc(NCCc2nc(-c3ccccc3)n[nH]2)cc1)C(F)(F)F. The van der Waals surface area contributed by atoms with Crippen molar-refractivity contribution in [1.82, 2.24) is 15.2 Å². The van der Waals surface area contributed by atoms with Crippen LogP contribution in [0.25, 0.3) is 11.4 Å². The van der Waals surface area contributed by atoms with Gasteiger partial charge < -0.3 is 5.32 Å². The van der Waals surface area contributed by atoms with Crippen LogP contribution in [0.5, 0.6) is 0 Å². The first kappa shape index (κ1) is 18.9. The summed E-state index contributed by atoms with van der Waals surface area (Å²) in [6.45, 7) is 0.439. The Morgan fingerprint density at radius 2 is 1.67 bits per heavy atom. The molecule has 0 unspecified atom stereocenters. The second-order valence-electron chi connectivity index (χ2n) is 5.62. The van der Waals surface area contributed by atoms with Gasteiger partial charge in [0.15, 0.2) is 5.82 Å². The van der Waals surface area contributed by atoms with E-state index in [0.717, 1.165) is 17.7 Å². The zero-order valence-electron chi connectivity index (χ0n) is 13.9. The Morgan fingerprint density at radius 3 is 2.30 bits per heavy atom. The fourth-order valence-corrected chi connectivity index (χ4v) is 3.10. The van der Waals surface area contributed by atoms with Gasteiger partial charge in [0.05, 0.1) is 4.90 Å². The van der Waals surface area contributed by atoms with Gasteiger partial charge >= 0.3 is 5.51 Å². The van der Waals surface area contributed by atoms with E-state index < -0.39 is 20.2 Å². The molecule has 3 rings (SSSR count). The summed E-state index contributed by atoms with van der Waals surface area (Å²) in [7, 11) is -5.33. The van der Waals surface area contributed by atoms with Crippen LogP contribution in [0.15, 0.2) is 59.5 Å². The van der Waals surface area contributed by atoms with Gasteiger partial charge in [0.2, 0.25) is 0 Å². The zero-order chi connectivity index (χ0) is 19.5. The van der Waals surface area contributed by atoms with E-state index in [9.17, 15) is 21.6 Å². The molecule has 0 bridgehead atoms. The number of aromatic nitrogens is 3. The standard InChI is InChI=1S/C17H15F3N4O2S/c18-17(19,20)27(25,26)14-8-6-13(7-9-14)21-11-10-15-22-16(24-23-15)12-4-2-1-3-5-12/h1-9,21H,10-11H2,(H,22,23,24). The van der Waals surface area contributed by atoms with Crippen molar-refractivity contribution in [1.29, 1.82) is 0 Å². The highest BCUT2D eigenvalue weighted by Gasteiger charge is 2.46. The summed E-state index contributed by atoms with van der Waals surface area (Å²) in [4.78, 5) is 3.59. The number of H-pyrrole nitrogens is 1. The molecule has 1 aromatic heterocycles. The summed E-state index contributed by atoms with van der Waals surface area (Å²) >= 11 is 0. The molecule has 2 N–H and O–H groups in total. The third kappa shape index (κ3) is 4.27. The van der Waals surface area contributed by atoms with Gasteiger partial charge in [0.25, 0.3) is 9.84 Å². The summed E-state index contributed by atoms with van der Waals surface area (Å²) in [5.41, 5.74) is -3.93. The van der Waals surface area contributed by atoms with Crippen molar-refractivity contribution in [3.63, 3.8) is 0 Å². The molecule has 0 fully saturated rings. The number of hydrogen-bond acceptors (Lipinski definition) is 5. The minimum atomic E-state index is -5.33. The Morgan fingerprint density at radius 1 is 1.00 bits per heavy atom. The van der Waals surface area contributed by atoms with Crippen LogP contribution in [0.4, 0.5) is 18.9 Å². The minimum absolute atomic E-state index is 0.439. The lowest BCUT2D eigenvalue weighted by atomic mass is 10.2. The van der Waals surface area contributed by atoms with Crippen LogP contribution in [-0.4, -0.2) is 35.7 Å². The maximum absolute atomic E-state index is 12.5. The molecule has 0 spiro atoms. The molecule has 1 heterocycles. The number of benzene rings is 2. The van der Waals surface area contributed by atoms with Gasteiger partial charge in [-0.2, -0.15) is 18.3 Å². The molecule has 27 heavy (non-hydrogen) atoms. The van der Waals surface area contributed by atoms with Gasteiger partial charge in [0.1, 0.15) is 5.82 Å². The van der Waals surface area contributed by atoms with Gasteiger partial charge in [0, 0.05) is 24.2 Å². The van der Waals surface area contributed by atoms with E-state index in [4.69, 9.17) is 0 Å². The van der Waals surface area contributed by atoms with Crippen LogP contribution >= 0.6 is 0 Å². The first-order chi connectivity index (χ1) is 12.8. The van der Waals surface area contributed by atoms with Gasteiger partial charge in [-0.05, 0) is 24.3 Å². The number of alkyl halides is 3. The van der Waals surface area contributed by atoms with E-state index in [1.807, 2.05) is 30.3 Å². The van der Waals surface area contributed by atoms with Crippen molar-refractivity contribution in [2.45, 2.75) is 16.8 Å². The van der Waals surface area contributed by atoms with Gasteiger partial charge in [-0.3, -0.25) is 5.10 Å². The van der Waals surface area contributed by atoms with E-state index in [1.54, 1.807) is 0 Å². The van der Waals surface area contributed by atoms with Gasteiger partial charge in [-0.25, -0.2) is 13.4 Å². The number of rotatable bonds is 6. The van der Waals surface area contributed by atoms with Crippen molar-refractivity contribution in [3.8, 4) is 11.4 Å². The molecule has 0 saturated carbocycles. The molecule has 0 aliphatic rings. The maximum Gasteiger partial charge on any atom is 0.501 e. The predicted molar refractivity (Wildman–Crippen MR) is 93.7 cm³/mol. The lowest BCUT2D eigenvalue weighted by molar-refractivity contribution is -0.0436.